The predicted octanol–water partition coefficient (Wildman–Crippen LogP) is 0.571. The number of nitrogens with two attached hydrogens (primary N) is 1. The van der Waals surface area contributed by atoms with Crippen molar-refractivity contribution in [2.24, 2.45) is 5.14 Å². The van der Waals surface area contributed by atoms with Crippen LogP contribution in [0.15, 0.2) is 0 Å². The summed E-state index contributed by atoms with van der Waals surface area (Å²) >= 11 is 0. The molecule has 1 aliphatic heterocycles. The van der Waals surface area contributed by atoms with Gasteiger partial charge in [-0.05, 0) is 40.0 Å². The van der Waals surface area contributed by atoms with Crippen LogP contribution in [0.4, 0.5) is 4.79 Å². The summed E-state index contributed by atoms with van der Waals surface area (Å²) in [6.45, 7) is 6.59. The van der Waals surface area contributed by atoms with E-state index in [1.165, 1.54) is 4.90 Å². The number of nitrogens with one attached hydrogen (secondary N) is 1. The number of likely N-dealkylation sites (tertiary alicyclic amines) is 1. The van der Waals surface area contributed by atoms with Crippen molar-refractivity contribution in [3.05, 3.63) is 0 Å². The zero-order valence-corrected chi connectivity index (χ0v) is 14.8. The van der Waals surface area contributed by atoms with Crippen molar-refractivity contribution < 1.29 is 22.7 Å². The van der Waals surface area contributed by atoms with Crippen LogP contribution in [-0.2, 0) is 19.6 Å². The quantitative estimate of drug-likeness (QED) is 0.651. The topological polar surface area (TPSA) is 119 Å². The predicted molar refractivity (Wildman–Crippen MR) is 86.2 cm³/mol. The molecular formula is C14H27N3O5S. The molecule has 0 bridgehead atoms. The van der Waals surface area contributed by atoms with Crippen LogP contribution < -0.4 is 10.5 Å². The van der Waals surface area contributed by atoms with Crippen molar-refractivity contribution in [2.75, 3.05) is 19.6 Å². The number of alkyl carbamates (subject to hydrolysis) is 1. The van der Waals surface area contributed by atoms with Crippen LogP contribution in [0, 0.1) is 0 Å². The van der Waals surface area contributed by atoms with Gasteiger partial charge in [-0.15, -0.1) is 0 Å². The first-order valence-corrected chi connectivity index (χ1v) is 9.36. The van der Waals surface area contributed by atoms with Gasteiger partial charge in [0.05, 0.1) is 0 Å². The van der Waals surface area contributed by atoms with Crippen LogP contribution in [0.25, 0.3) is 0 Å². The molecule has 8 nitrogen and oxygen atoms in total. The Hall–Kier alpha value is -1.35. The lowest BCUT2D eigenvalue weighted by Gasteiger charge is -2.19. The fourth-order valence-electron chi connectivity index (χ4n) is 2.28. The number of amides is 2. The number of carbonyl (C=O) groups excluding carboxylic acids is 2. The zero-order valence-electron chi connectivity index (χ0n) is 14.0. The minimum absolute atomic E-state index is 0.0287. The Morgan fingerprint density at radius 2 is 2.00 bits per heavy atom. The van der Waals surface area contributed by atoms with E-state index >= 15 is 0 Å². The van der Waals surface area contributed by atoms with Crippen LogP contribution in [0.1, 0.15) is 46.5 Å². The number of carbonyl (C=O) groups is 2. The fourth-order valence-corrected chi connectivity index (χ4v) is 3.04. The van der Waals surface area contributed by atoms with E-state index in [0.29, 0.717) is 13.1 Å². The van der Waals surface area contributed by atoms with E-state index in [9.17, 15) is 18.0 Å². The van der Waals surface area contributed by atoms with Gasteiger partial charge < -0.3 is 15.0 Å². The number of primary sulfonamides is 1. The highest BCUT2D eigenvalue weighted by molar-refractivity contribution is 7.89. The summed E-state index contributed by atoms with van der Waals surface area (Å²) in [4.78, 5) is 24.7. The molecule has 0 aromatic carbocycles. The largest absolute Gasteiger partial charge is 0.444 e. The second-order valence-electron chi connectivity index (χ2n) is 6.74. The van der Waals surface area contributed by atoms with Crippen LogP contribution in [0.5, 0.6) is 0 Å². The van der Waals surface area contributed by atoms with Crippen LogP contribution in [0.3, 0.4) is 0 Å². The summed E-state index contributed by atoms with van der Waals surface area (Å²) in [7, 11) is -3.66. The standard InChI is InChI=1S/C14H27N3O5S/c1-14(2,3)22-13(19)16-7-5-4-6-8-17-10-11(9-12(17)18)23(15,20)21/h11H,4-10H2,1-3H3,(H,16,19)(H2,15,20,21). The highest BCUT2D eigenvalue weighted by Gasteiger charge is 2.35. The Labute approximate surface area is 137 Å². The summed E-state index contributed by atoms with van der Waals surface area (Å²) in [5.41, 5.74) is -0.514. The molecule has 1 saturated heterocycles. The van der Waals surface area contributed by atoms with Crippen molar-refractivity contribution in [3.63, 3.8) is 0 Å². The first-order chi connectivity index (χ1) is 10.5. The van der Waals surface area contributed by atoms with E-state index in [0.717, 1.165) is 19.3 Å². The minimum Gasteiger partial charge on any atom is -0.444 e. The molecule has 1 fully saturated rings. The average Bonchev–Trinajstić information content (AvgIpc) is 2.73. The Morgan fingerprint density at radius 3 is 2.52 bits per heavy atom. The van der Waals surface area contributed by atoms with Crippen LogP contribution in [0.2, 0.25) is 0 Å². The van der Waals surface area contributed by atoms with E-state index in [1.807, 2.05) is 0 Å². The molecule has 1 aliphatic rings. The molecule has 0 aromatic rings. The van der Waals surface area contributed by atoms with Crippen LogP contribution >= 0.6 is 0 Å². The third kappa shape index (κ3) is 7.65. The zero-order chi connectivity index (χ0) is 17.7. The summed E-state index contributed by atoms with van der Waals surface area (Å²) < 4.78 is 27.6. The molecule has 0 spiro atoms. The van der Waals surface area contributed by atoms with E-state index in [2.05, 4.69) is 5.32 Å². The van der Waals surface area contributed by atoms with Gasteiger partial charge in [0.1, 0.15) is 10.9 Å². The van der Waals surface area contributed by atoms with E-state index in [-0.39, 0.29) is 18.9 Å². The van der Waals surface area contributed by atoms with Gasteiger partial charge in [-0.3, -0.25) is 4.79 Å². The third-order valence-electron chi connectivity index (χ3n) is 3.42. The first kappa shape index (κ1) is 19.7. The third-order valence-corrected chi connectivity index (χ3v) is 4.66. The number of hydrogen-bond donors (Lipinski definition) is 2. The molecule has 1 heterocycles. The fraction of sp³-hybridized carbons (Fsp3) is 0.857. The Morgan fingerprint density at radius 1 is 1.35 bits per heavy atom. The molecule has 1 atom stereocenters. The molecule has 1 rings (SSSR count). The highest BCUT2D eigenvalue weighted by atomic mass is 32.2. The minimum atomic E-state index is -3.66. The number of rotatable bonds is 7. The van der Waals surface area contributed by atoms with Gasteiger partial charge >= 0.3 is 6.09 Å². The molecule has 23 heavy (non-hydrogen) atoms. The van der Waals surface area contributed by atoms with Crippen molar-refractivity contribution in [3.8, 4) is 0 Å². The molecule has 134 valence electrons. The second kappa shape index (κ2) is 7.96. The number of nitrogens with zero attached hydrogens (tertiary/aromatic N) is 1. The van der Waals surface area contributed by atoms with Crippen molar-refractivity contribution >= 4 is 22.0 Å². The number of unbranched alkanes of at least 4 members (excludes halogenated alkanes) is 2. The van der Waals surface area contributed by atoms with Gasteiger partial charge in [0.25, 0.3) is 0 Å². The molecule has 0 aromatic heterocycles. The number of hydrogen-bond acceptors (Lipinski definition) is 5. The summed E-state index contributed by atoms with van der Waals surface area (Å²) in [5.74, 6) is -0.170. The molecular weight excluding hydrogens is 322 g/mol. The van der Waals surface area contributed by atoms with E-state index in [4.69, 9.17) is 9.88 Å². The maximum atomic E-state index is 11.7. The molecule has 0 saturated carbocycles. The van der Waals surface area contributed by atoms with Gasteiger partial charge in [0.2, 0.25) is 15.9 Å². The Bertz CT molecular complexity index is 527. The molecule has 3 N–H and O–H groups in total. The van der Waals surface area contributed by atoms with E-state index < -0.39 is 27.0 Å². The monoisotopic (exact) mass is 349 g/mol. The first-order valence-electron chi connectivity index (χ1n) is 7.75. The highest BCUT2D eigenvalue weighted by Crippen LogP contribution is 2.17. The lowest BCUT2D eigenvalue weighted by Crippen LogP contribution is -2.33. The summed E-state index contributed by atoms with van der Waals surface area (Å²) in [6.07, 6.45) is 1.86. The molecule has 0 radical (unpaired) electrons. The van der Waals surface area contributed by atoms with Crippen molar-refractivity contribution in [2.45, 2.75) is 57.3 Å². The Kier molecular flexibility index (Phi) is 6.82. The Balaban J connectivity index is 2.14. The summed E-state index contributed by atoms with van der Waals surface area (Å²) in [6, 6.07) is 0. The van der Waals surface area contributed by atoms with E-state index in [1.54, 1.807) is 20.8 Å². The molecule has 0 aliphatic carbocycles. The maximum Gasteiger partial charge on any atom is 0.407 e. The van der Waals surface area contributed by atoms with Gasteiger partial charge in [-0.2, -0.15) is 0 Å². The lowest BCUT2D eigenvalue weighted by molar-refractivity contribution is -0.127. The van der Waals surface area contributed by atoms with Crippen molar-refractivity contribution in [1.29, 1.82) is 0 Å². The van der Waals surface area contributed by atoms with Gasteiger partial charge in [-0.1, -0.05) is 0 Å². The van der Waals surface area contributed by atoms with Gasteiger partial charge in [-0.25, -0.2) is 18.4 Å². The summed E-state index contributed by atoms with van der Waals surface area (Å²) in [5, 5.41) is 6.95. The molecule has 9 heteroatoms. The SMILES string of the molecule is CC(C)(C)OC(=O)NCCCCCN1CC(S(N)(=O)=O)CC1=O. The smallest absolute Gasteiger partial charge is 0.407 e. The second-order valence-corrected chi connectivity index (χ2v) is 8.59. The van der Waals surface area contributed by atoms with Gasteiger partial charge in [0, 0.05) is 26.1 Å². The average molecular weight is 349 g/mol. The van der Waals surface area contributed by atoms with Gasteiger partial charge in [0.15, 0.2) is 0 Å². The number of ether oxygens (including phenoxy) is 1. The normalized spacial score (nSPS) is 19.0. The van der Waals surface area contributed by atoms with Crippen molar-refractivity contribution in [1.82, 2.24) is 10.2 Å². The number of sulfonamides is 1. The van der Waals surface area contributed by atoms with Crippen LogP contribution in [-0.4, -0.2) is 55.8 Å². The lowest BCUT2D eigenvalue weighted by atomic mass is 10.2. The molecule has 1 unspecified atom stereocenters. The molecule has 2 amide bonds. The maximum absolute atomic E-state index is 11.7.